The lowest BCUT2D eigenvalue weighted by molar-refractivity contribution is -0.119. The summed E-state index contributed by atoms with van der Waals surface area (Å²) in [5.74, 6) is -0.929. The maximum absolute atomic E-state index is 12.1. The summed E-state index contributed by atoms with van der Waals surface area (Å²) >= 11 is 3.41. The van der Waals surface area contributed by atoms with E-state index in [1.807, 2.05) is 24.3 Å². The Morgan fingerprint density at radius 2 is 1.86 bits per heavy atom. The summed E-state index contributed by atoms with van der Waals surface area (Å²) < 4.78 is 0.870. The monoisotopic (exact) mass is 347 g/mol. The second kappa shape index (κ2) is 6.99. The zero-order valence-corrected chi connectivity index (χ0v) is 12.7. The fourth-order valence-electron chi connectivity index (χ4n) is 1.85. The van der Waals surface area contributed by atoms with Gasteiger partial charge in [0.2, 0.25) is 5.91 Å². The van der Waals surface area contributed by atoms with Crippen LogP contribution in [0.3, 0.4) is 0 Å². The molecule has 108 valence electrons. The van der Waals surface area contributed by atoms with Crippen LogP contribution in [-0.4, -0.2) is 22.8 Å². The number of carbonyl (C=O) groups is 2. The van der Waals surface area contributed by atoms with E-state index < -0.39 is 11.9 Å². The van der Waals surface area contributed by atoms with Crippen LogP contribution in [0.25, 0.3) is 0 Å². The number of carbonyl (C=O) groups excluding carboxylic acids is 2. The lowest BCUT2D eigenvalue weighted by Crippen LogP contribution is -2.45. The maximum Gasteiger partial charge on any atom is 0.252 e. The minimum Gasteiger partial charge on any atom is -0.368 e. The highest BCUT2D eigenvalue weighted by molar-refractivity contribution is 9.10. The fraction of sp³-hybridized carbons (Fsp3) is 0.133. The molecule has 21 heavy (non-hydrogen) atoms. The predicted molar refractivity (Wildman–Crippen MR) is 82.5 cm³/mol. The molecule has 0 unspecified atom stereocenters. The van der Waals surface area contributed by atoms with Crippen molar-refractivity contribution < 1.29 is 9.59 Å². The molecule has 3 N–H and O–H groups in total. The van der Waals surface area contributed by atoms with Gasteiger partial charge in [0.25, 0.3) is 5.91 Å². The number of aromatic nitrogens is 1. The van der Waals surface area contributed by atoms with Gasteiger partial charge < -0.3 is 11.1 Å². The molecule has 6 heteroatoms. The van der Waals surface area contributed by atoms with Crippen LogP contribution < -0.4 is 11.1 Å². The Bertz CT molecular complexity index is 646. The molecule has 2 aromatic rings. The average molecular weight is 348 g/mol. The van der Waals surface area contributed by atoms with Crippen LogP contribution in [0.1, 0.15) is 15.9 Å². The fourth-order valence-corrected chi connectivity index (χ4v) is 2.30. The molecular weight excluding hydrogens is 334 g/mol. The standard InChI is InChI=1S/C15H14BrN3O2/c16-12-4-2-1-3-11(12)9-13(14(17)20)19-15(21)10-5-7-18-8-6-10/h1-8,13H,9H2,(H2,17,20)(H,19,21)/t13-/m1/s1. The molecule has 2 amide bonds. The highest BCUT2D eigenvalue weighted by atomic mass is 79.9. The number of hydrogen-bond donors (Lipinski definition) is 2. The first kappa shape index (κ1) is 15.2. The molecule has 0 aliphatic heterocycles. The molecule has 0 fully saturated rings. The molecule has 0 bridgehead atoms. The first-order chi connectivity index (χ1) is 10.1. The number of pyridine rings is 1. The Kier molecular flexibility index (Phi) is 5.05. The minimum absolute atomic E-state index is 0.327. The number of amides is 2. The van der Waals surface area contributed by atoms with E-state index in [2.05, 4.69) is 26.2 Å². The van der Waals surface area contributed by atoms with Gasteiger partial charge in [0.15, 0.2) is 0 Å². The van der Waals surface area contributed by atoms with Crippen molar-refractivity contribution in [2.24, 2.45) is 5.73 Å². The zero-order valence-electron chi connectivity index (χ0n) is 11.1. The normalized spacial score (nSPS) is 11.7. The van der Waals surface area contributed by atoms with Gasteiger partial charge in [0.05, 0.1) is 0 Å². The van der Waals surface area contributed by atoms with Gasteiger partial charge in [-0.25, -0.2) is 0 Å². The topological polar surface area (TPSA) is 85.1 Å². The van der Waals surface area contributed by atoms with Crippen LogP contribution in [0.4, 0.5) is 0 Å². The first-order valence-electron chi connectivity index (χ1n) is 6.31. The third kappa shape index (κ3) is 4.13. The van der Waals surface area contributed by atoms with Crippen molar-refractivity contribution >= 4 is 27.7 Å². The second-order valence-electron chi connectivity index (χ2n) is 4.46. The molecule has 1 atom stereocenters. The van der Waals surface area contributed by atoms with E-state index in [4.69, 9.17) is 5.73 Å². The van der Waals surface area contributed by atoms with Crippen molar-refractivity contribution in [1.82, 2.24) is 10.3 Å². The van der Waals surface area contributed by atoms with Gasteiger partial charge in [-0.2, -0.15) is 0 Å². The van der Waals surface area contributed by atoms with E-state index in [0.717, 1.165) is 10.0 Å². The van der Waals surface area contributed by atoms with Gasteiger partial charge in [0.1, 0.15) is 6.04 Å². The van der Waals surface area contributed by atoms with E-state index in [1.54, 1.807) is 12.1 Å². The molecule has 0 spiro atoms. The Morgan fingerprint density at radius 3 is 2.48 bits per heavy atom. The van der Waals surface area contributed by atoms with Crippen molar-refractivity contribution in [3.63, 3.8) is 0 Å². The van der Waals surface area contributed by atoms with Gasteiger partial charge in [0, 0.05) is 28.9 Å². The number of nitrogens with zero attached hydrogens (tertiary/aromatic N) is 1. The van der Waals surface area contributed by atoms with Crippen molar-refractivity contribution in [2.45, 2.75) is 12.5 Å². The van der Waals surface area contributed by atoms with Gasteiger partial charge >= 0.3 is 0 Å². The quantitative estimate of drug-likeness (QED) is 0.862. The molecule has 0 saturated carbocycles. The number of hydrogen-bond acceptors (Lipinski definition) is 3. The van der Waals surface area contributed by atoms with Crippen LogP contribution in [0, 0.1) is 0 Å². The maximum atomic E-state index is 12.1. The van der Waals surface area contributed by atoms with E-state index in [-0.39, 0.29) is 5.91 Å². The summed E-state index contributed by atoms with van der Waals surface area (Å²) in [4.78, 5) is 27.5. The number of benzene rings is 1. The molecule has 0 aliphatic rings. The van der Waals surface area contributed by atoms with Crippen LogP contribution in [0.2, 0.25) is 0 Å². The summed E-state index contributed by atoms with van der Waals surface area (Å²) in [6.07, 6.45) is 3.36. The minimum atomic E-state index is -0.774. The molecular formula is C15H14BrN3O2. The molecule has 1 aromatic heterocycles. The van der Waals surface area contributed by atoms with Crippen molar-refractivity contribution in [1.29, 1.82) is 0 Å². The predicted octanol–water partition coefficient (Wildman–Crippen LogP) is 1.67. The van der Waals surface area contributed by atoms with Crippen molar-refractivity contribution in [2.75, 3.05) is 0 Å². The molecule has 0 saturated heterocycles. The van der Waals surface area contributed by atoms with E-state index in [1.165, 1.54) is 12.4 Å². The van der Waals surface area contributed by atoms with E-state index in [0.29, 0.717) is 12.0 Å². The molecule has 5 nitrogen and oxygen atoms in total. The third-order valence-electron chi connectivity index (χ3n) is 2.97. The Balaban J connectivity index is 2.12. The van der Waals surface area contributed by atoms with Crippen LogP contribution in [-0.2, 0) is 11.2 Å². The highest BCUT2D eigenvalue weighted by Gasteiger charge is 2.20. The highest BCUT2D eigenvalue weighted by Crippen LogP contribution is 2.17. The summed E-state index contributed by atoms with van der Waals surface area (Å²) in [6, 6.07) is 9.86. The molecule has 1 heterocycles. The number of rotatable bonds is 5. The molecule has 0 radical (unpaired) electrons. The van der Waals surface area contributed by atoms with E-state index >= 15 is 0 Å². The summed E-state index contributed by atoms with van der Waals surface area (Å²) in [7, 11) is 0. The van der Waals surface area contributed by atoms with Crippen molar-refractivity contribution in [3.05, 3.63) is 64.4 Å². The lowest BCUT2D eigenvalue weighted by Gasteiger charge is -2.16. The van der Waals surface area contributed by atoms with Crippen LogP contribution >= 0.6 is 15.9 Å². The number of nitrogens with two attached hydrogens (primary N) is 1. The SMILES string of the molecule is NC(=O)[C@@H](Cc1ccccc1Br)NC(=O)c1ccncc1. The number of primary amides is 1. The molecule has 2 rings (SSSR count). The van der Waals surface area contributed by atoms with Crippen molar-refractivity contribution in [3.8, 4) is 0 Å². The van der Waals surface area contributed by atoms with Gasteiger partial charge in [-0.15, -0.1) is 0 Å². The smallest absolute Gasteiger partial charge is 0.252 e. The lowest BCUT2D eigenvalue weighted by atomic mass is 10.0. The Morgan fingerprint density at radius 1 is 1.19 bits per heavy atom. The Hall–Kier alpha value is -2.21. The second-order valence-corrected chi connectivity index (χ2v) is 5.31. The summed E-state index contributed by atoms with van der Waals surface area (Å²) in [5.41, 5.74) is 6.71. The van der Waals surface area contributed by atoms with Gasteiger partial charge in [-0.05, 0) is 23.8 Å². The number of halogens is 1. The average Bonchev–Trinajstić information content (AvgIpc) is 2.49. The molecule has 1 aromatic carbocycles. The molecule has 0 aliphatic carbocycles. The Labute approximate surface area is 130 Å². The van der Waals surface area contributed by atoms with E-state index in [9.17, 15) is 9.59 Å². The third-order valence-corrected chi connectivity index (χ3v) is 3.75. The summed E-state index contributed by atoms with van der Waals surface area (Å²) in [6.45, 7) is 0. The van der Waals surface area contributed by atoms with Crippen LogP contribution in [0.15, 0.2) is 53.3 Å². The number of nitrogens with one attached hydrogen (secondary N) is 1. The largest absolute Gasteiger partial charge is 0.368 e. The van der Waals surface area contributed by atoms with Gasteiger partial charge in [-0.1, -0.05) is 34.1 Å². The van der Waals surface area contributed by atoms with Crippen LogP contribution in [0.5, 0.6) is 0 Å². The summed E-state index contributed by atoms with van der Waals surface area (Å²) in [5, 5.41) is 2.65. The first-order valence-corrected chi connectivity index (χ1v) is 7.11. The zero-order chi connectivity index (χ0) is 15.2. The van der Waals surface area contributed by atoms with Gasteiger partial charge in [-0.3, -0.25) is 14.6 Å².